The van der Waals surface area contributed by atoms with E-state index in [0.717, 1.165) is 131 Å². The molecular weight excluding hydrogens is 1920 g/mol. The molecule has 8 fully saturated rings. The number of aromatic nitrogens is 16. The highest BCUT2D eigenvalue weighted by Crippen LogP contribution is 2.38. The van der Waals surface area contributed by atoms with Gasteiger partial charge >= 0.3 is 0 Å². The standard InChI is InChI=1S/2C22H25F2N9O2.C21H24F2N8O4S.C20H23F2N9O4S/c1-30-3-2-13(11-30)22(35)32-6-4-31(5-7-32)18-15(24)9-26-10-16(18)28-21(34)17-19(25)29-33-12-14(23)8-27-20(17)33;1-30-4-2-3-16(30)22(35)32-7-5-31(6-8-32)18-14(24)10-26-11-15(18)28-21(34)17-19(25)29-33-12-13(23)9-27-20(17)33;22-13-9-26-20-17(19(24)28-31(20)12-13)21(32)27-16-11-25-10-15(23)18(16)29-3-5-30(6-4-29)36(33,34)14-1-7-35-8-2-14;21-13-9-25-19-16(18(23)27-31(19)12-13)20(32)26-15-11-24-10-14(22)17(15)28-1-3-29(4-2-28)36(33,34)30-5-7-35-8-6-30/h8-10,12-13H,2-7,11H2,1H3,(H2,25,29)(H,28,34);9-12,16H,2-8H2,1H3,(H2,25,29)(H,28,34);9-12,14H,1-8H2,(H2,24,28)(H,27,32);9-12H,1-8H2,(H2,23,27)(H,26,32)/t;16-;;/m.0../s1. The average molecular weight is 2020 g/mol. The number of ether oxygens (including phenoxy) is 2. The number of sulfonamides is 1. The Morgan fingerprint density at radius 2 is 0.669 bits per heavy atom. The molecule has 0 aromatic carbocycles. The number of halogens is 8. The van der Waals surface area contributed by atoms with Gasteiger partial charge in [-0.3, -0.25) is 53.6 Å². The summed E-state index contributed by atoms with van der Waals surface area (Å²) in [4.78, 5) is 124. The van der Waals surface area contributed by atoms with Gasteiger partial charge in [-0.25, -0.2) is 81.5 Å². The van der Waals surface area contributed by atoms with Crippen LogP contribution in [0.5, 0.6) is 0 Å². The lowest BCUT2D eigenvalue weighted by atomic mass is 10.1. The van der Waals surface area contributed by atoms with Gasteiger partial charge < -0.3 is 88.0 Å². The fourth-order valence-electron chi connectivity index (χ4n) is 18.3. The molecule has 0 aliphatic carbocycles. The van der Waals surface area contributed by atoms with E-state index >= 15 is 0 Å². The van der Waals surface area contributed by atoms with Gasteiger partial charge in [-0.2, -0.15) is 21.3 Å². The highest BCUT2D eigenvalue weighted by molar-refractivity contribution is 7.89. The second kappa shape index (κ2) is 42.0. The van der Waals surface area contributed by atoms with Crippen molar-refractivity contribution in [3.8, 4) is 0 Å². The van der Waals surface area contributed by atoms with E-state index in [2.05, 4.69) is 91.3 Å². The van der Waals surface area contributed by atoms with E-state index in [9.17, 15) is 80.7 Å². The number of fused-ring (bicyclic) bond motifs is 4. The third kappa shape index (κ3) is 20.9. The first-order valence-electron chi connectivity index (χ1n) is 45.0. The molecule has 57 heteroatoms. The summed E-state index contributed by atoms with van der Waals surface area (Å²) in [6.45, 7) is 9.41. The maximum atomic E-state index is 14.9. The summed E-state index contributed by atoms with van der Waals surface area (Å²) in [5.74, 6) is -8.41. The number of nitrogens with two attached hydrogens (primary N) is 4. The van der Waals surface area contributed by atoms with Crippen molar-refractivity contribution in [1.82, 2.24) is 111 Å². The van der Waals surface area contributed by atoms with Crippen molar-refractivity contribution < 1.29 is 90.2 Å². The Labute approximate surface area is 803 Å². The zero-order valence-electron chi connectivity index (χ0n) is 76.3. The zero-order valence-corrected chi connectivity index (χ0v) is 77.9. The molecule has 20 rings (SSSR count). The third-order valence-electron chi connectivity index (χ3n) is 25.3. The molecular formula is C85H97F8N35O12S2. The number of carbonyl (C=O) groups is 6. The van der Waals surface area contributed by atoms with Crippen LogP contribution in [0.1, 0.15) is 73.5 Å². The van der Waals surface area contributed by atoms with Crippen LogP contribution in [-0.2, 0) is 39.3 Å². The minimum absolute atomic E-state index is 0.00236. The number of hydrogen-bond donors (Lipinski definition) is 8. The summed E-state index contributed by atoms with van der Waals surface area (Å²) in [5, 5.41) is 25.6. The van der Waals surface area contributed by atoms with Crippen molar-refractivity contribution in [3.63, 3.8) is 0 Å². The summed E-state index contributed by atoms with van der Waals surface area (Å²) >= 11 is 0. The van der Waals surface area contributed by atoms with Crippen LogP contribution in [-0.4, -0.2) is 352 Å². The predicted molar refractivity (Wildman–Crippen MR) is 499 cm³/mol. The van der Waals surface area contributed by atoms with Gasteiger partial charge in [0.15, 0.2) is 92.4 Å². The molecule has 0 saturated carbocycles. The summed E-state index contributed by atoms with van der Waals surface area (Å²) in [6.07, 6.45) is 20.9. The second-order valence-corrected chi connectivity index (χ2v) is 38.4. The Morgan fingerprint density at radius 3 is 0.986 bits per heavy atom. The zero-order chi connectivity index (χ0) is 100. The van der Waals surface area contributed by atoms with Crippen LogP contribution < -0.4 is 63.8 Å². The van der Waals surface area contributed by atoms with Crippen molar-refractivity contribution in [1.29, 1.82) is 0 Å². The lowest BCUT2D eigenvalue weighted by Gasteiger charge is -2.39. The number of nitrogen functional groups attached to an aromatic ring is 4. The molecule has 12 aromatic heterocycles. The fourth-order valence-corrected chi connectivity index (χ4v) is 21.7. The minimum atomic E-state index is -3.66. The molecule has 2 atom stereocenters. The average Bonchev–Trinajstić information content (AvgIpc) is 1.56. The van der Waals surface area contributed by atoms with E-state index in [1.165, 1.54) is 37.7 Å². The van der Waals surface area contributed by atoms with Gasteiger partial charge in [0.1, 0.15) is 45.0 Å². The largest absolute Gasteiger partial charge is 0.381 e. The van der Waals surface area contributed by atoms with E-state index in [-0.39, 0.29) is 203 Å². The Bertz CT molecular complexity index is 6820. The monoisotopic (exact) mass is 2020 g/mol. The minimum Gasteiger partial charge on any atom is -0.381 e. The first-order valence-corrected chi connectivity index (χ1v) is 47.9. The number of carbonyl (C=O) groups excluding carboxylic acids is 6. The number of pyridine rings is 4. The van der Waals surface area contributed by atoms with Gasteiger partial charge in [-0.1, -0.05) is 0 Å². The molecule has 12 N–H and O–H groups in total. The molecule has 8 saturated heterocycles. The number of anilines is 12. The fraction of sp³-hybridized carbons (Fsp3) is 0.412. The van der Waals surface area contributed by atoms with Gasteiger partial charge in [0.05, 0.1) is 152 Å². The smallest absolute Gasteiger partial charge is 0.282 e. The number of amides is 6. The summed E-state index contributed by atoms with van der Waals surface area (Å²) < 4.78 is 184. The first-order chi connectivity index (χ1) is 68.1. The van der Waals surface area contributed by atoms with E-state index in [1.807, 2.05) is 23.9 Å². The number of nitrogens with one attached hydrogen (secondary N) is 4. The van der Waals surface area contributed by atoms with Gasteiger partial charge in [-0.15, -0.1) is 20.4 Å². The Morgan fingerprint density at radius 1 is 0.359 bits per heavy atom. The molecule has 12 aromatic rings. The van der Waals surface area contributed by atoms with E-state index in [1.54, 1.807) is 19.6 Å². The molecule has 6 amide bonds. The Balaban J connectivity index is 0.000000130. The topological polar surface area (TPSA) is 549 Å². The molecule has 20 heterocycles. The van der Waals surface area contributed by atoms with Crippen LogP contribution in [0.4, 0.5) is 104 Å². The number of rotatable bonds is 18. The van der Waals surface area contributed by atoms with Crippen LogP contribution in [0.3, 0.4) is 0 Å². The van der Waals surface area contributed by atoms with Crippen molar-refractivity contribution in [2.24, 2.45) is 5.92 Å². The van der Waals surface area contributed by atoms with Gasteiger partial charge in [-0.05, 0) is 59.3 Å². The molecule has 142 heavy (non-hydrogen) atoms. The van der Waals surface area contributed by atoms with Crippen LogP contribution >= 0.6 is 0 Å². The quantitative estimate of drug-likeness (QED) is 0.0572. The van der Waals surface area contributed by atoms with Crippen LogP contribution in [0.2, 0.25) is 0 Å². The molecule has 752 valence electrons. The molecule has 0 radical (unpaired) electrons. The lowest BCUT2D eigenvalue weighted by Crippen LogP contribution is -2.55. The summed E-state index contributed by atoms with van der Waals surface area (Å²) in [5.41, 5.74) is 24.3. The predicted octanol–water partition coefficient (Wildman–Crippen LogP) is 2.62. The van der Waals surface area contributed by atoms with Crippen molar-refractivity contribution in [2.45, 2.75) is 43.4 Å². The van der Waals surface area contributed by atoms with E-state index in [0.29, 0.717) is 91.6 Å². The highest BCUT2D eigenvalue weighted by atomic mass is 32.2. The lowest BCUT2D eigenvalue weighted by molar-refractivity contribution is -0.136. The van der Waals surface area contributed by atoms with Crippen molar-refractivity contribution >= 4 is 147 Å². The number of hydrogen-bond acceptors (Lipinski definition) is 34. The summed E-state index contributed by atoms with van der Waals surface area (Å²) in [7, 11) is -3.20. The van der Waals surface area contributed by atoms with E-state index in [4.69, 9.17) is 32.4 Å². The third-order valence-corrected chi connectivity index (χ3v) is 29.7. The maximum absolute atomic E-state index is 14.9. The van der Waals surface area contributed by atoms with Crippen LogP contribution in [0.25, 0.3) is 22.6 Å². The molecule has 0 spiro atoms. The van der Waals surface area contributed by atoms with Crippen molar-refractivity contribution in [2.75, 3.05) is 242 Å². The normalized spacial score (nSPS) is 18.4. The number of piperazine rings is 4. The second-order valence-electron chi connectivity index (χ2n) is 34.2. The van der Waals surface area contributed by atoms with Gasteiger partial charge in [0.2, 0.25) is 21.8 Å². The van der Waals surface area contributed by atoms with E-state index < -0.39 is 95.6 Å². The number of likely N-dealkylation sites (N-methyl/N-ethyl adjacent to an activating group) is 1. The Hall–Kier alpha value is -14.6. The van der Waals surface area contributed by atoms with Crippen molar-refractivity contribution in [3.05, 3.63) is 168 Å². The molecule has 1 unspecified atom stereocenters. The van der Waals surface area contributed by atoms with Gasteiger partial charge in [0.25, 0.3) is 33.8 Å². The maximum Gasteiger partial charge on any atom is 0.282 e. The summed E-state index contributed by atoms with van der Waals surface area (Å²) in [6, 6.07) is -0.104. The number of nitrogens with zero attached hydrogens (tertiary/aromatic N) is 27. The number of likely N-dealkylation sites (tertiary alicyclic amines) is 2. The molecule has 0 bridgehead atoms. The van der Waals surface area contributed by atoms with Gasteiger partial charge in [0, 0.05) is 138 Å². The number of morpholine rings is 1. The Kier molecular flexibility index (Phi) is 29.3. The first kappa shape index (κ1) is 98.9. The molecule has 8 aliphatic heterocycles. The highest BCUT2D eigenvalue weighted by Gasteiger charge is 2.41. The van der Waals surface area contributed by atoms with Crippen LogP contribution in [0, 0.1) is 52.5 Å². The SMILES string of the molecule is CN1CCC(C(=O)N2CCN(c3c(F)cncc3NC(=O)c3c(N)nn4cc(F)cnc34)CC2)C1.CN1CCC[C@H]1C(=O)N1CCN(c2c(F)cncc2NC(=O)c2c(N)nn3cc(F)cnc23)CC1.Nc1nn2cc(F)cnc2c1C(=O)Nc1cncc(F)c1N1CCN(S(=O)(=O)C2CCOCC2)CC1.Nc1nn2cc(F)cnc2c1C(=O)Nc1cncc(F)c1N1CCN(S(=O)(=O)N2CCOCC2)CC1. The molecule has 8 aliphatic rings. The molecule has 47 nitrogen and oxygen atoms in total. The van der Waals surface area contributed by atoms with Crippen LogP contribution in [0.15, 0.2) is 99.1 Å².